The molecule has 0 saturated heterocycles. The molecule has 0 aliphatic rings. The lowest BCUT2D eigenvalue weighted by Gasteiger charge is -2.20. The van der Waals surface area contributed by atoms with E-state index in [1.54, 1.807) is 16.9 Å². The molecule has 0 unspecified atom stereocenters. The molecule has 0 amide bonds. The van der Waals surface area contributed by atoms with E-state index in [2.05, 4.69) is 25.3 Å². The number of nitrogens with one attached hydrogen (secondary N) is 2. The molecule has 0 spiro atoms. The van der Waals surface area contributed by atoms with Crippen LogP contribution in [0.25, 0.3) is 27.8 Å². The minimum absolute atomic E-state index is 0.0488. The van der Waals surface area contributed by atoms with Crippen molar-refractivity contribution in [2.45, 2.75) is 13.0 Å². The molecular formula is C22H18N6O. The third-order valence-corrected chi connectivity index (χ3v) is 5.02. The van der Waals surface area contributed by atoms with Crippen molar-refractivity contribution in [3.05, 3.63) is 89.4 Å². The van der Waals surface area contributed by atoms with Crippen LogP contribution in [-0.4, -0.2) is 24.3 Å². The molecular weight excluding hydrogens is 364 g/mol. The smallest absolute Gasteiger partial charge is 0.263 e. The summed E-state index contributed by atoms with van der Waals surface area (Å²) in [6, 6.07) is 17.3. The van der Waals surface area contributed by atoms with Gasteiger partial charge < -0.3 is 10.3 Å². The number of aromatic nitrogens is 5. The summed E-state index contributed by atoms with van der Waals surface area (Å²) in [7, 11) is 0. The second kappa shape index (κ2) is 6.87. The van der Waals surface area contributed by atoms with Gasteiger partial charge in [0, 0.05) is 11.7 Å². The molecule has 0 aliphatic heterocycles. The molecule has 1 aromatic carbocycles. The molecule has 7 nitrogen and oxygen atoms in total. The first-order valence-electron chi connectivity index (χ1n) is 9.33. The van der Waals surface area contributed by atoms with Crippen LogP contribution in [0.15, 0.2) is 78.2 Å². The first-order valence-corrected chi connectivity index (χ1v) is 9.33. The van der Waals surface area contributed by atoms with Crippen LogP contribution in [0.1, 0.15) is 18.5 Å². The van der Waals surface area contributed by atoms with Crippen molar-refractivity contribution in [1.29, 1.82) is 0 Å². The summed E-state index contributed by atoms with van der Waals surface area (Å²) >= 11 is 0. The molecule has 4 heterocycles. The fraction of sp³-hybridized carbons (Fsp3) is 0.0909. The van der Waals surface area contributed by atoms with Crippen molar-refractivity contribution < 1.29 is 0 Å². The van der Waals surface area contributed by atoms with Crippen LogP contribution in [0.5, 0.6) is 0 Å². The Kier molecular flexibility index (Phi) is 4.05. The van der Waals surface area contributed by atoms with E-state index in [1.165, 1.54) is 6.33 Å². The van der Waals surface area contributed by atoms with E-state index < -0.39 is 0 Å². The Balaban J connectivity index is 1.69. The van der Waals surface area contributed by atoms with E-state index in [4.69, 9.17) is 0 Å². The van der Waals surface area contributed by atoms with E-state index in [0.29, 0.717) is 17.0 Å². The average Bonchev–Trinajstić information content (AvgIpc) is 3.24. The first kappa shape index (κ1) is 17.1. The molecule has 1 atom stereocenters. The van der Waals surface area contributed by atoms with Gasteiger partial charge in [-0.15, -0.1) is 0 Å². The Morgan fingerprint density at radius 1 is 1.03 bits per heavy atom. The van der Waals surface area contributed by atoms with Gasteiger partial charge in [0.1, 0.15) is 11.8 Å². The molecule has 0 saturated carbocycles. The van der Waals surface area contributed by atoms with Crippen molar-refractivity contribution in [3.63, 3.8) is 0 Å². The summed E-state index contributed by atoms with van der Waals surface area (Å²) in [6.45, 7) is 2.02. The number of aromatic amines is 1. The van der Waals surface area contributed by atoms with Crippen molar-refractivity contribution >= 4 is 22.5 Å². The van der Waals surface area contributed by atoms with Crippen LogP contribution >= 0.6 is 0 Å². The molecule has 2 N–H and O–H groups in total. The lowest BCUT2D eigenvalue weighted by Crippen LogP contribution is -2.21. The maximum atomic E-state index is 13.4. The molecule has 142 valence electrons. The van der Waals surface area contributed by atoms with Gasteiger partial charge in [-0.1, -0.05) is 36.4 Å². The number of nitrogens with zero attached hydrogens (tertiary/aromatic N) is 4. The highest BCUT2D eigenvalue weighted by Gasteiger charge is 2.19. The van der Waals surface area contributed by atoms with Crippen LogP contribution in [0.4, 0.5) is 5.82 Å². The summed E-state index contributed by atoms with van der Waals surface area (Å²) in [5.41, 5.74) is 4.58. The van der Waals surface area contributed by atoms with Crippen LogP contribution in [-0.2, 0) is 0 Å². The van der Waals surface area contributed by atoms with Gasteiger partial charge >= 0.3 is 0 Å². The van der Waals surface area contributed by atoms with Gasteiger partial charge in [-0.05, 0) is 36.2 Å². The molecule has 7 heteroatoms. The minimum atomic E-state index is -0.176. The van der Waals surface area contributed by atoms with Crippen LogP contribution < -0.4 is 10.9 Å². The zero-order chi connectivity index (χ0) is 19.8. The predicted octanol–water partition coefficient (Wildman–Crippen LogP) is 3.81. The van der Waals surface area contributed by atoms with E-state index in [-0.39, 0.29) is 11.6 Å². The fourth-order valence-corrected chi connectivity index (χ4v) is 3.63. The van der Waals surface area contributed by atoms with Gasteiger partial charge in [0.15, 0.2) is 11.5 Å². The normalized spacial score (nSPS) is 12.3. The average molecular weight is 382 g/mol. The SMILES string of the molecule is C[C@@H](Nc1ncnc2nc[nH]c12)c1cc2ccccn2c(=O)c1-c1ccccc1. The number of anilines is 1. The molecule has 29 heavy (non-hydrogen) atoms. The van der Waals surface area contributed by atoms with Crippen molar-refractivity contribution in [2.75, 3.05) is 5.32 Å². The zero-order valence-electron chi connectivity index (χ0n) is 15.7. The van der Waals surface area contributed by atoms with E-state index >= 15 is 0 Å². The van der Waals surface area contributed by atoms with E-state index in [9.17, 15) is 4.79 Å². The quantitative estimate of drug-likeness (QED) is 0.494. The summed E-state index contributed by atoms with van der Waals surface area (Å²) < 4.78 is 1.68. The number of H-pyrrole nitrogens is 1. The molecule has 0 fully saturated rings. The zero-order valence-corrected chi connectivity index (χ0v) is 15.7. The Labute approximate surface area is 166 Å². The number of hydrogen-bond acceptors (Lipinski definition) is 5. The molecule has 0 bridgehead atoms. The predicted molar refractivity (Wildman–Crippen MR) is 113 cm³/mol. The number of imidazole rings is 1. The fourth-order valence-electron chi connectivity index (χ4n) is 3.63. The number of hydrogen-bond donors (Lipinski definition) is 2. The lowest BCUT2D eigenvalue weighted by molar-refractivity contribution is 0.869. The molecule has 4 aromatic heterocycles. The van der Waals surface area contributed by atoms with Crippen LogP contribution in [0.3, 0.4) is 0 Å². The Hall–Kier alpha value is -4.00. The largest absolute Gasteiger partial charge is 0.362 e. The maximum absolute atomic E-state index is 13.4. The number of fused-ring (bicyclic) bond motifs is 2. The van der Waals surface area contributed by atoms with Gasteiger partial charge in [-0.2, -0.15) is 0 Å². The minimum Gasteiger partial charge on any atom is -0.362 e. The van der Waals surface area contributed by atoms with E-state index in [0.717, 1.165) is 22.2 Å². The first-order chi connectivity index (χ1) is 14.2. The van der Waals surface area contributed by atoms with Gasteiger partial charge in [-0.25, -0.2) is 15.0 Å². The lowest BCUT2D eigenvalue weighted by atomic mass is 9.96. The van der Waals surface area contributed by atoms with Crippen LogP contribution in [0, 0.1) is 0 Å². The monoisotopic (exact) mass is 382 g/mol. The molecule has 0 radical (unpaired) electrons. The third-order valence-electron chi connectivity index (χ3n) is 5.02. The van der Waals surface area contributed by atoms with Gasteiger partial charge in [0.2, 0.25) is 0 Å². The van der Waals surface area contributed by atoms with Gasteiger partial charge in [0.25, 0.3) is 5.56 Å². The molecule has 5 aromatic rings. The molecule has 0 aliphatic carbocycles. The van der Waals surface area contributed by atoms with Crippen molar-refractivity contribution in [3.8, 4) is 11.1 Å². The standard InChI is InChI=1S/C22H18N6O/c1-14(27-21-19-20(24-12-23-19)25-13-26-21)17-11-16-9-5-6-10-28(16)22(29)18(17)15-7-3-2-4-8-15/h2-14H,1H3,(H2,23,24,25,26,27)/t14-/m1/s1. The molecule has 5 rings (SSSR count). The summed E-state index contributed by atoms with van der Waals surface area (Å²) in [6.07, 6.45) is 4.86. The third kappa shape index (κ3) is 2.93. The van der Waals surface area contributed by atoms with Crippen LogP contribution in [0.2, 0.25) is 0 Å². The Morgan fingerprint density at radius 3 is 2.72 bits per heavy atom. The number of pyridine rings is 2. The number of benzene rings is 1. The second-order valence-corrected chi connectivity index (χ2v) is 6.83. The highest BCUT2D eigenvalue weighted by atomic mass is 16.1. The van der Waals surface area contributed by atoms with Crippen molar-refractivity contribution in [1.82, 2.24) is 24.3 Å². The Bertz CT molecular complexity index is 1370. The topological polar surface area (TPSA) is 88.0 Å². The van der Waals surface area contributed by atoms with Crippen molar-refractivity contribution in [2.24, 2.45) is 0 Å². The van der Waals surface area contributed by atoms with E-state index in [1.807, 2.05) is 61.5 Å². The van der Waals surface area contributed by atoms with Gasteiger partial charge in [0.05, 0.1) is 17.9 Å². The maximum Gasteiger partial charge on any atom is 0.263 e. The summed E-state index contributed by atoms with van der Waals surface area (Å²) in [4.78, 5) is 29.1. The second-order valence-electron chi connectivity index (χ2n) is 6.83. The number of rotatable bonds is 4. The summed E-state index contributed by atoms with van der Waals surface area (Å²) in [5.74, 6) is 0.646. The van der Waals surface area contributed by atoms with Gasteiger partial charge in [-0.3, -0.25) is 9.20 Å². The Morgan fingerprint density at radius 2 is 1.86 bits per heavy atom. The highest BCUT2D eigenvalue weighted by Crippen LogP contribution is 2.29. The summed E-state index contributed by atoms with van der Waals surface area (Å²) in [5, 5.41) is 3.42. The highest BCUT2D eigenvalue weighted by molar-refractivity contribution is 5.82.